The molecule has 1 aliphatic heterocycles. The second kappa shape index (κ2) is 4.92. The summed E-state index contributed by atoms with van der Waals surface area (Å²) in [5.41, 5.74) is -0.284. The standard InChI is InChI=1S/C13H14BrFN2O2/c1-13(2)12(19)17(7-10(18)16-13)6-8-4-3-5-9(15)11(8)14/h3-5H,6-7H2,1-2H3,(H,16,18). The molecule has 0 aliphatic carbocycles. The number of piperazine rings is 1. The SMILES string of the molecule is CC1(C)NC(=O)CN(Cc2cccc(F)c2Br)C1=O. The molecule has 0 spiro atoms. The van der Waals surface area contributed by atoms with Crippen molar-refractivity contribution in [1.29, 1.82) is 0 Å². The monoisotopic (exact) mass is 328 g/mol. The van der Waals surface area contributed by atoms with Crippen LogP contribution in [-0.4, -0.2) is 28.8 Å². The lowest BCUT2D eigenvalue weighted by Gasteiger charge is -2.37. The predicted octanol–water partition coefficient (Wildman–Crippen LogP) is 1.83. The maximum atomic E-state index is 13.4. The summed E-state index contributed by atoms with van der Waals surface area (Å²) < 4.78 is 13.8. The van der Waals surface area contributed by atoms with Gasteiger partial charge < -0.3 is 10.2 Å². The molecule has 2 amide bonds. The van der Waals surface area contributed by atoms with Crippen molar-refractivity contribution in [3.63, 3.8) is 0 Å². The molecule has 1 N–H and O–H groups in total. The zero-order chi connectivity index (χ0) is 14.2. The zero-order valence-electron chi connectivity index (χ0n) is 10.7. The summed E-state index contributed by atoms with van der Waals surface area (Å²) in [4.78, 5) is 25.2. The third-order valence-corrected chi connectivity index (χ3v) is 3.89. The van der Waals surface area contributed by atoms with Crippen LogP contribution >= 0.6 is 15.9 Å². The van der Waals surface area contributed by atoms with Crippen molar-refractivity contribution in [2.45, 2.75) is 25.9 Å². The smallest absolute Gasteiger partial charge is 0.248 e. The summed E-state index contributed by atoms with van der Waals surface area (Å²) in [7, 11) is 0. The first-order valence-corrected chi connectivity index (χ1v) is 6.64. The maximum Gasteiger partial charge on any atom is 0.248 e. The first kappa shape index (κ1) is 14.0. The number of rotatable bonds is 2. The maximum absolute atomic E-state index is 13.4. The van der Waals surface area contributed by atoms with Gasteiger partial charge in [0.25, 0.3) is 0 Å². The molecule has 1 heterocycles. The van der Waals surface area contributed by atoms with Crippen molar-refractivity contribution in [1.82, 2.24) is 10.2 Å². The Labute approximate surface area is 119 Å². The van der Waals surface area contributed by atoms with Gasteiger partial charge in [-0.15, -0.1) is 0 Å². The number of carbonyl (C=O) groups is 2. The van der Waals surface area contributed by atoms with E-state index in [1.165, 1.54) is 11.0 Å². The Morgan fingerprint density at radius 2 is 2.11 bits per heavy atom. The predicted molar refractivity (Wildman–Crippen MR) is 71.7 cm³/mol. The molecular weight excluding hydrogens is 315 g/mol. The van der Waals surface area contributed by atoms with E-state index < -0.39 is 5.54 Å². The molecule has 6 heteroatoms. The molecule has 1 aliphatic rings. The highest BCUT2D eigenvalue weighted by molar-refractivity contribution is 9.10. The van der Waals surface area contributed by atoms with E-state index in [0.717, 1.165) is 0 Å². The summed E-state index contributed by atoms with van der Waals surface area (Å²) in [5, 5.41) is 2.63. The van der Waals surface area contributed by atoms with E-state index in [4.69, 9.17) is 0 Å². The zero-order valence-corrected chi connectivity index (χ0v) is 12.3. The van der Waals surface area contributed by atoms with Crippen molar-refractivity contribution < 1.29 is 14.0 Å². The van der Waals surface area contributed by atoms with E-state index >= 15 is 0 Å². The Hall–Kier alpha value is -1.43. The van der Waals surface area contributed by atoms with Gasteiger partial charge in [0, 0.05) is 6.54 Å². The fourth-order valence-electron chi connectivity index (χ4n) is 2.09. The highest BCUT2D eigenvalue weighted by Crippen LogP contribution is 2.23. The van der Waals surface area contributed by atoms with Crippen LogP contribution in [0.15, 0.2) is 22.7 Å². The minimum absolute atomic E-state index is 0.00871. The van der Waals surface area contributed by atoms with Gasteiger partial charge in [-0.3, -0.25) is 9.59 Å². The number of hydrogen-bond donors (Lipinski definition) is 1. The fraction of sp³-hybridized carbons (Fsp3) is 0.385. The molecular formula is C13H14BrFN2O2. The Morgan fingerprint density at radius 1 is 1.42 bits per heavy atom. The molecule has 0 saturated carbocycles. The van der Waals surface area contributed by atoms with Crippen LogP contribution < -0.4 is 5.32 Å². The molecule has 102 valence electrons. The van der Waals surface area contributed by atoms with Crippen LogP contribution in [0, 0.1) is 5.82 Å². The Morgan fingerprint density at radius 3 is 2.79 bits per heavy atom. The second-order valence-corrected chi connectivity index (χ2v) is 5.84. The van der Waals surface area contributed by atoms with Gasteiger partial charge >= 0.3 is 0 Å². The highest BCUT2D eigenvalue weighted by Gasteiger charge is 2.39. The van der Waals surface area contributed by atoms with Gasteiger partial charge in [0.15, 0.2) is 0 Å². The van der Waals surface area contributed by atoms with Gasteiger partial charge in [0.05, 0.1) is 11.0 Å². The molecule has 4 nitrogen and oxygen atoms in total. The van der Waals surface area contributed by atoms with Crippen LogP contribution in [-0.2, 0) is 16.1 Å². The number of amides is 2. The van der Waals surface area contributed by atoms with Gasteiger partial charge in [0.2, 0.25) is 11.8 Å². The van der Waals surface area contributed by atoms with Crippen molar-refractivity contribution in [2.75, 3.05) is 6.54 Å². The lowest BCUT2D eigenvalue weighted by molar-refractivity contribution is -0.148. The van der Waals surface area contributed by atoms with E-state index in [-0.39, 0.29) is 30.7 Å². The van der Waals surface area contributed by atoms with Crippen LogP contribution in [0.4, 0.5) is 4.39 Å². The highest BCUT2D eigenvalue weighted by atomic mass is 79.9. The third-order valence-electron chi connectivity index (χ3n) is 3.00. The number of halogens is 2. The summed E-state index contributed by atoms with van der Waals surface area (Å²) >= 11 is 3.16. The van der Waals surface area contributed by atoms with Crippen LogP contribution in [0.25, 0.3) is 0 Å². The topological polar surface area (TPSA) is 49.4 Å². The van der Waals surface area contributed by atoms with Crippen molar-refractivity contribution in [3.8, 4) is 0 Å². The molecule has 2 rings (SSSR count). The van der Waals surface area contributed by atoms with Gasteiger partial charge in [-0.25, -0.2) is 4.39 Å². The first-order valence-electron chi connectivity index (χ1n) is 5.84. The van der Waals surface area contributed by atoms with Crippen molar-refractivity contribution in [2.24, 2.45) is 0 Å². The normalized spacial score (nSPS) is 18.4. The molecule has 0 bridgehead atoms. The largest absolute Gasteiger partial charge is 0.341 e. The number of nitrogens with one attached hydrogen (secondary N) is 1. The van der Waals surface area contributed by atoms with E-state index in [9.17, 15) is 14.0 Å². The molecule has 19 heavy (non-hydrogen) atoms. The minimum Gasteiger partial charge on any atom is -0.341 e. The second-order valence-electron chi connectivity index (χ2n) is 5.05. The van der Waals surface area contributed by atoms with E-state index in [1.54, 1.807) is 26.0 Å². The van der Waals surface area contributed by atoms with Crippen molar-refractivity contribution >= 4 is 27.7 Å². The molecule has 1 saturated heterocycles. The third kappa shape index (κ3) is 2.78. The number of hydrogen-bond acceptors (Lipinski definition) is 2. The number of nitrogens with zero attached hydrogens (tertiary/aromatic N) is 1. The molecule has 0 atom stereocenters. The average molecular weight is 329 g/mol. The van der Waals surface area contributed by atoms with E-state index in [0.29, 0.717) is 10.0 Å². The Bertz CT molecular complexity index is 545. The van der Waals surface area contributed by atoms with Crippen LogP contribution in [0.2, 0.25) is 0 Å². The summed E-state index contributed by atoms with van der Waals surface area (Å²) in [5.74, 6) is -0.772. The Kier molecular flexibility index (Phi) is 3.62. The van der Waals surface area contributed by atoms with Gasteiger partial charge in [-0.2, -0.15) is 0 Å². The van der Waals surface area contributed by atoms with Gasteiger partial charge in [0.1, 0.15) is 11.4 Å². The van der Waals surface area contributed by atoms with Gasteiger partial charge in [-0.1, -0.05) is 12.1 Å². The lowest BCUT2D eigenvalue weighted by Crippen LogP contribution is -2.63. The molecule has 1 fully saturated rings. The minimum atomic E-state index is -0.921. The quantitative estimate of drug-likeness (QED) is 0.900. The molecule has 0 radical (unpaired) electrons. The Balaban J connectivity index is 2.25. The van der Waals surface area contributed by atoms with E-state index in [1.807, 2.05) is 0 Å². The molecule has 1 aromatic carbocycles. The first-order chi connectivity index (χ1) is 8.81. The summed E-state index contributed by atoms with van der Waals surface area (Å²) in [6.07, 6.45) is 0. The number of benzene rings is 1. The molecule has 0 unspecified atom stereocenters. The summed E-state index contributed by atoms with van der Waals surface area (Å²) in [6, 6.07) is 4.64. The van der Waals surface area contributed by atoms with E-state index in [2.05, 4.69) is 21.2 Å². The van der Waals surface area contributed by atoms with Crippen LogP contribution in [0.5, 0.6) is 0 Å². The summed E-state index contributed by atoms with van der Waals surface area (Å²) in [6.45, 7) is 3.50. The van der Waals surface area contributed by atoms with Gasteiger partial charge in [-0.05, 0) is 41.4 Å². The fourth-order valence-corrected chi connectivity index (χ4v) is 2.48. The van der Waals surface area contributed by atoms with Crippen molar-refractivity contribution in [3.05, 3.63) is 34.1 Å². The van der Waals surface area contributed by atoms with Crippen LogP contribution in [0.1, 0.15) is 19.4 Å². The lowest BCUT2D eigenvalue weighted by atomic mass is 10.00. The molecule has 1 aromatic rings. The van der Waals surface area contributed by atoms with Crippen LogP contribution in [0.3, 0.4) is 0 Å². The molecule has 0 aromatic heterocycles. The number of carbonyl (C=O) groups excluding carboxylic acids is 2. The average Bonchev–Trinajstić information content (AvgIpc) is 2.30.